The molecule has 74 valence electrons. The van der Waals surface area contributed by atoms with Gasteiger partial charge in [-0.2, -0.15) is 17.6 Å². The first-order valence-electron chi connectivity index (χ1n) is 3.07. The Morgan fingerprint density at radius 3 is 2.15 bits per heavy atom. The molecule has 0 aliphatic heterocycles. The molecular formula is C7H6F4O2. The summed E-state index contributed by atoms with van der Waals surface area (Å²) < 4.78 is 50.8. The highest BCUT2D eigenvalue weighted by Gasteiger charge is 2.34. The number of ether oxygens (including phenoxy) is 1. The van der Waals surface area contributed by atoms with Gasteiger partial charge in [-0.1, -0.05) is 5.73 Å². The summed E-state index contributed by atoms with van der Waals surface area (Å²) in [6.07, 6.45) is -5.12. The monoisotopic (exact) mass is 198 g/mol. The van der Waals surface area contributed by atoms with Crippen LogP contribution in [0, 0.1) is 0 Å². The molecule has 2 nitrogen and oxygen atoms in total. The Bertz CT molecular complexity index is 271. The fourth-order valence-corrected chi connectivity index (χ4v) is 0.440. The van der Waals surface area contributed by atoms with E-state index >= 15 is 0 Å². The zero-order valence-electron chi connectivity index (χ0n) is 6.83. The second-order valence-corrected chi connectivity index (χ2v) is 2.05. The highest BCUT2D eigenvalue weighted by Crippen LogP contribution is 2.25. The summed E-state index contributed by atoms with van der Waals surface area (Å²) in [6, 6.07) is 0. The lowest BCUT2D eigenvalue weighted by Gasteiger charge is -1.99. The van der Waals surface area contributed by atoms with Crippen LogP contribution in [0.2, 0.25) is 0 Å². The van der Waals surface area contributed by atoms with Gasteiger partial charge in [0.1, 0.15) is 0 Å². The SMILES string of the molecule is COC(=O)C(C)=C=C(F)C(F)(F)F. The van der Waals surface area contributed by atoms with Crippen molar-refractivity contribution in [3.63, 3.8) is 0 Å². The van der Waals surface area contributed by atoms with Crippen LogP contribution in [0.1, 0.15) is 6.92 Å². The van der Waals surface area contributed by atoms with E-state index in [2.05, 4.69) is 4.74 Å². The van der Waals surface area contributed by atoms with Crippen molar-refractivity contribution < 1.29 is 27.1 Å². The molecule has 0 aromatic carbocycles. The van der Waals surface area contributed by atoms with Gasteiger partial charge in [0.2, 0.25) is 5.83 Å². The molecule has 0 aromatic heterocycles. The second kappa shape index (κ2) is 4.09. The maximum absolute atomic E-state index is 12.1. The van der Waals surface area contributed by atoms with Crippen molar-refractivity contribution in [1.29, 1.82) is 0 Å². The van der Waals surface area contributed by atoms with Gasteiger partial charge in [-0.3, -0.25) is 0 Å². The van der Waals surface area contributed by atoms with Crippen LogP contribution in [-0.4, -0.2) is 19.3 Å². The number of rotatable bonds is 1. The molecule has 0 spiro atoms. The number of carbonyl (C=O) groups is 1. The lowest BCUT2D eigenvalue weighted by atomic mass is 10.3. The first-order valence-corrected chi connectivity index (χ1v) is 3.07. The van der Waals surface area contributed by atoms with Gasteiger partial charge in [-0.15, -0.1) is 0 Å². The maximum atomic E-state index is 12.1. The normalized spacial score (nSPS) is 10.3. The number of hydrogen-bond donors (Lipinski definition) is 0. The van der Waals surface area contributed by atoms with Crippen molar-refractivity contribution in [1.82, 2.24) is 0 Å². The Labute approximate surface area is 71.5 Å². The summed E-state index contributed by atoms with van der Waals surface area (Å²) >= 11 is 0. The van der Waals surface area contributed by atoms with Crippen LogP contribution in [0.25, 0.3) is 0 Å². The summed E-state index contributed by atoms with van der Waals surface area (Å²) in [7, 11) is 0.971. The van der Waals surface area contributed by atoms with Gasteiger partial charge in [-0.25, -0.2) is 4.79 Å². The molecule has 0 fully saturated rings. The van der Waals surface area contributed by atoms with Gasteiger partial charge < -0.3 is 4.74 Å². The topological polar surface area (TPSA) is 26.3 Å². The Kier molecular flexibility index (Phi) is 3.69. The molecule has 0 amide bonds. The number of alkyl halides is 3. The van der Waals surface area contributed by atoms with Crippen molar-refractivity contribution >= 4 is 5.97 Å². The van der Waals surface area contributed by atoms with E-state index < -0.39 is 23.5 Å². The third-order valence-corrected chi connectivity index (χ3v) is 1.04. The molecule has 0 bridgehead atoms. The molecule has 0 aliphatic rings. The smallest absolute Gasteiger partial charge is 0.450 e. The van der Waals surface area contributed by atoms with Gasteiger partial charge in [0.05, 0.1) is 12.7 Å². The molecular weight excluding hydrogens is 192 g/mol. The summed E-state index contributed by atoms with van der Waals surface area (Å²) in [4.78, 5) is 10.5. The van der Waals surface area contributed by atoms with Gasteiger partial charge in [-0.05, 0) is 6.92 Å². The maximum Gasteiger partial charge on any atom is 0.450 e. The van der Waals surface area contributed by atoms with Crippen LogP contribution in [0.4, 0.5) is 17.6 Å². The molecule has 13 heavy (non-hydrogen) atoms. The highest BCUT2D eigenvalue weighted by atomic mass is 19.4. The minimum absolute atomic E-state index is 0.572. The molecule has 6 heteroatoms. The summed E-state index contributed by atoms with van der Waals surface area (Å²) in [5.74, 6) is -3.50. The molecule has 0 heterocycles. The fourth-order valence-electron chi connectivity index (χ4n) is 0.440. The van der Waals surface area contributed by atoms with Gasteiger partial charge in [0, 0.05) is 0 Å². The van der Waals surface area contributed by atoms with E-state index in [0.717, 1.165) is 14.0 Å². The third-order valence-electron chi connectivity index (χ3n) is 1.04. The Hall–Kier alpha value is -1.29. The van der Waals surface area contributed by atoms with Crippen LogP contribution in [0.5, 0.6) is 0 Å². The first-order chi connectivity index (χ1) is 5.79. The van der Waals surface area contributed by atoms with Crippen LogP contribution >= 0.6 is 0 Å². The number of halogens is 4. The van der Waals surface area contributed by atoms with E-state index in [1.807, 2.05) is 0 Å². The van der Waals surface area contributed by atoms with Crippen LogP contribution < -0.4 is 0 Å². The zero-order chi connectivity index (χ0) is 10.6. The van der Waals surface area contributed by atoms with Crippen LogP contribution in [0.15, 0.2) is 17.1 Å². The average Bonchev–Trinajstić information content (AvgIpc) is 2.01. The minimum atomic E-state index is -5.12. The summed E-state index contributed by atoms with van der Waals surface area (Å²) in [6.45, 7) is 0.969. The van der Waals surface area contributed by atoms with E-state index in [1.54, 1.807) is 0 Å². The molecule has 0 rings (SSSR count). The molecule has 0 aliphatic carbocycles. The quantitative estimate of drug-likeness (QED) is 0.279. The summed E-state index contributed by atoms with van der Waals surface area (Å²) in [5.41, 5.74) is 0.666. The molecule has 0 unspecified atom stereocenters. The van der Waals surface area contributed by atoms with E-state index in [0.29, 0.717) is 0 Å². The first kappa shape index (κ1) is 11.7. The lowest BCUT2D eigenvalue weighted by molar-refractivity contribution is -0.136. The lowest BCUT2D eigenvalue weighted by Crippen LogP contribution is -2.08. The van der Waals surface area contributed by atoms with E-state index in [4.69, 9.17) is 0 Å². The highest BCUT2D eigenvalue weighted by molar-refractivity contribution is 5.87. The van der Waals surface area contributed by atoms with Gasteiger partial charge in [0.25, 0.3) is 0 Å². The van der Waals surface area contributed by atoms with Crippen molar-refractivity contribution in [2.24, 2.45) is 0 Å². The number of hydrogen-bond acceptors (Lipinski definition) is 2. The summed E-state index contributed by atoms with van der Waals surface area (Å²) in [5, 5.41) is 0. The predicted octanol–water partition coefficient (Wildman–Crippen LogP) is 2.12. The Morgan fingerprint density at radius 1 is 1.38 bits per heavy atom. The van der Waals surface area contributed by atoms with Crippen LogP contribution in [-0.2, 0) is 9.53 Å². The molecule has 0 saturated carbocycles. The van der Waals surface area contributed by atoms with Crippen LogP contribution in [0.3, 0.4) is 0 Å². The Morgan fingerprint density at radius 2 is 1.85 bits per heavy atom. The van der Waals surface area contributed by atoms with E-state index in [-0.39, 0.29) is 0 Å². The minimum Gasteiger partial charge on any atom is -0.465 e. The third kappa shape index (κ3) is 3.75. The standard InChI is InChI=1S/C7H6F4O2/c1-4(6(12)13-2)3-5(8)7(9,10)11/h1-2H3. The number of methoxy groups -OCH3 is 1. The molecule has 0 N–H and O–H groups in total. The fraction of sp³-hybridized carbons (Fsp3) is 0.429. The number of carbonyl (C=O) groups excluding carboxylic acids is 1. The molecule has 0 saturated heterocycles. The van der Waals surface area contributed by atoms with E-state index in [9.17, 15) is 22.4 Å². The van der Waals surface area contributed by atoms with Gasteiger partial charge >= 0.3 is 12.1 Å². The predicted molar refractivity (Wildman–Crippen MR) is 35.4 cm³/mol. The average molecular weight is 198 g/mol. The van der Waals surface area contributed by atoms with Crippen molar-refractivity contribution in [3.8, 4) is 0 Å². The van der Waals surface area contributed by atoms with Crippen molar-refractivity contribution in [3.05, 3.63) is 17.1 Å². The van der Waals surface area contributed by atoms with Crippen molar-refractivity contribution in [2.45, 2.75) is 13.1 Å². The molecule has 0 aromatic rings. The Balaban J connectivity index is 5.00. The van der Waals surface area contributed by atoms with Gasteiger partial charge in [0.15, 0.2) is 0 Å². The van der Waals surface area contributed by atoms with E-state index in [1.165, 1.54) is 5.73 Å². The largest absolute Gasteiger partial charge is 0.465 e. The van der Waals surface area contributed by atoms with Crippen molar-refractivity contribution in [2.75, 3.05) is 7.11 Å². The number of esters is 1. The molecule has 0 radical (unpaired) electrons. The molecule has 0 atom stereocenters. The zero-order valence-corrected chi connectivity index (χ0v) is 6.83. The second-order valence-electron chi connectivity index (χ2n) is 2.05.